The molecule has 0 saturated carbocycles. The Morgan fingerprint density at radius 3 is 2.40 bits per heavy atom. The molecule has 2 nitrogen and oxygen atoms in total. The maximum absolute atomic E-state index is 12.6. The van der Waals surface area contributed by atoms with Crippen molar-refractivity contribution in [1.82, 2.24) is 0 Å². The fourth-order valence-electron chi connectivity index (χ4n) is 2.77. The number of anilines is 1. The average Bonchev–Trinajstić information content (AvgIpc) is 2.69. The molecule has 2 heteroatoms. The topological polar surface area (TPSA) is 20.3 Å². The van der Waals surface area contributed by atoms with Crippen LogP contribution >= 0.6 is 0 Å². The van der Waals surface area contributed by atoms with Crippen molar-refractivity contribution >= 4 is 17.7 Å². The lowest BCUT2D eigenvalue weighted by Crippen LogP contribution is -2.34. The third-order valence-electron chi connectivity index (χ3n) is 3.98. The smallest absolute Gasteiger partial charge is 0.241 e. The number of fused-ring (bicyclic) bond motifs is 1. The van der Waals surface area contributed by atoms with Crippen LogP contribution in [0.5, 0.6) is 0 Å². The molecule has 2 aromatic carbocycles. The summed E-state index contributed by atoms with van der Waals surface area (Å²) in [5, 5.41) is 0. The van der Waals surface area contributed by atoms with Crippen LogP contribution in [0.2, 0.25) is 0 Å². The minimum Gasteiger partial charge on any atom is -0.314 e. The van der Waals surface area contributed by atoms with Crippen LogP contribution in [-0.4, -0.2) is 13.0 Å². The van der Waals surface area contributed by atoms with Crippen LogP contribution in [0, 0.1) is 0 Å². The van der Waals surface area contributed by atoms with Gasteiger partial charge in [-0.1, -0.05) is 60.7 Å². The van der Waals surface area contributed by atoms with Crippen LogP contribution in [0.15, 0.2) is 60.7 Å². The van der Waals surface area contributed by atoms with E-state index in [1.165, 1.54) is 0 Å². The van der Waals surface area contributed by atoms with Gasteiger partial charge < -0.3 is 4.90 Å². The highest BCUT2D eigenvalue weighted by Crippen LogP contribution is 2.41. The van der Waals surface area contributed by atoms with Crippen molar-refractivity contribution in [2.24, 2.45) is 0 Å². The summed E-state index contributed by atoms with van der Waals surface area (Å²) < 4.78 is 0. The largest absolute Gasteiger partial charge is 0.314 e. The van der Waals surface area contributed by atoms with Crippen LogP contribution in [-0.2, 0) is 10.2 Å². The third kappa shape index (κ3) is 1.85. The van der Waals surface area contributed by atoms with Gasteiger partial charge in [-0.15, -0.1) is 0 Å². The van der Waals surface area contributed by atoms with Crippen molar-refractivity contribution in [2.45, 2.75) is 12.3 Å². The van der Waals surface area contributed by atoms with E-state index in [1.54, 1.807) is 4.90 Å². The zero-order valence-corrected chi connectivity index (χ0v) is 11.7. The molecule has 0 aliphatic carbocycles. The third-order valence-corrected chi connectivity index (χ3v) is 3.98. The first-order valence-corrected chi connectivity index (χ1v) is 6.75. The van der Waals surface area contributed by atoms with Gasteiger partial charge in [-0.25, -0.2) is 0 Å². The maximum Gasteiger partial charge on any atom is 0.241 e. The number of nitrogens with zero attached hydrogens (tertiary/aromatic N) is 1. The number of rotatable bonds is 2. The van der Waals surface area contributed by atoms with Crippen molar-refractivity contribution in [3.63, 3.8) is 0 Å². The molecule has 100 valence electrons. The minimum absolute atomic E-state index is 0.117. The minimum atomic E-state index is -0.582. The Balaban J connectivity index is 2.04. The summed E-state index contributed by atoms with van der Waals surface area (Å²) in [5.41, 5.74) is 2.59. The van der Waals surface area contributed by atoms with E-state index in [0.29, 0.717) is 0 Å². The molecule has 1 aliphatic rings. The molecule has 0 N–H and O–H groups in total. The number of likely N-dealkylation sites (N-methyl/N-ethyl adjacent to an activating group) is 1. The van der Waals surface area contributed by atoms with E-state index in [2.05, 4.69) is 0 Å². The van der Waals surface area contributed by atoms with E-state index in [9.17, 15) is 4.79 Å². The van der Waals surface area contributed by atoms with Gasteiger partial charge >= 0.3 is 0 Å². The Kier molecular flexibility index (Phi) is 2.94. The molecule has 0 bridgehead atoms. The van der Waals surface area contributed by atoms with Crippen molar-refractivity contribution in [3.05, 3.63) is 71.8 Å². The van der Waals surface area contributed by atoms with Gasteiger partial charge in [0.15, 0.2) is 0 Å². The first-order chi connectivity index (χ1) is 9.63. The Hall–Kier alpha value is -2.35. The number of carbonyl (C=O) groups excluding carboxylic acids is 1. The molecule has 1 amide bonds. The fraction of sp³-hybridized carbons (Fsp3) is 0.167. The highest BCUT2D eigenvalue weighted by molar-refractivity contribution is 6.09. The van der Waals surface area contributed by atoms with E-state index in [4.69, 9.17) is 0 Å². The molecule has 0 aromatic heterocycles. The molecule has 0 unspecified atom stereocenters. The predicted octanol–water partition coefficient (Wildman–Crippen LogP) is 3.63. The van der Waals surface area contributed by atoms with E-state index in [1.807, 2.05) is 80.7 Å². The molecule has 1 aliphatic heterocycles. The van der Waals surface area contributed by atoms with Gasteiger partial charge in [-0.3, -0.25) is 4.79 Å². The molecule has 0 spiro atoms. The van der Waals surface area contributed by atoms with Gasteiger partial charge in [-0.05, 0) is 24.1 Å². The van der Waals surface area contributed by atoms with Crippen molar-refractivity contribution in [3.8, 4) is 0 Å². The molecule has 2 aromatic rings. The number of para-hydroxylation sites is 1. The number of hydrogen-bond donors (Lipinski definition) is 0. The summed E-state index contributed by atoms with van der Waals surface area (Å²) in [6.45, 7) is 1.98. The first kappa shape index (κ1) is 12.7. The van der Waals surface area contributed by atoms with Crippen molar-refractivity contribution < 1.29 is 4.79 Å². The second-order valence-electron chi connectivity index (χ2n) is 5.33. The second kappa shape index (κ2) is 4.64. The Morgan fingerprint density at radius 2 is 1.65 bits per heavy atom. The zero-order valence-electron chi connectivity index (χ0n) is 11.7. The SMILES string of the molecule is CN1C(=O)[C@@](C)(/C=C/c2ccccc2)c2ccccc21. The summed E-state index contributed by atoms with van der Waals surface area (Å²) in [6, 6.07) is 18.0. The summed E-state index contributed by atoms with van der Waals surface area (Å²) in [4.78, 5) is 14.3. The molecular weight excluding hydrogens is 246 g/mol. The van der Waals surface area contributed by atoms with Gasteiger partial charge in [0.05, 0.1) is 5.41 Å². The quantitative estimate of drug-likeness (QED) is 0.810. The van der Waals surface area contributed by atoms with Gasteiger partial charge in [0.2, 0.25) is 5.91 Å². The van der Waals surface area contributed by atoms with Gasteiger partial charge in [0.1, 0.15) is 0 Å². The monoisotopic (exact) mass is 263 g/mol. The molecular formula is C18H17NO. The van der Waals surface area contributed by atoms with E-state index < -0.39 is 5.41 Å². The summed E-state index contributed by atoms with van der Waals surface area (Å²) in [7, 11) is 1.84. The second-order valence-corrected chi connectivity index (χ2v) is 5.33. The summed E-state index contributed by atoms with van der Waals surface area (Å²) >= 11 is 0. The fourth-order valence-corrected chi connectivity index (χ4v) is 2.77. The normalized spacial score (nSPS) is 21.5. The Labute approximate surface area is 119 Å². The highest BCUT2D eigenvalue weighted by Gasteiger charge is 2.43. The molecule has 0 saturated heterocycles. The van der Waals surface area contributed by atoms with E-state index >= 15 is 0 Å². The number of hydrogen-bond acceptors (Lipinski definition) is 1. The standard InChI is InChI=1S/C18H17NO/c1-18(13-12-14-8-4-3-5-9-14)15-10-6-7-11-16(15)19(2)17(18)20/h3-13H,1-2H3/b13-12+/t18-/m0/s1. The van der Waals surface area contributed by atoms with Gasteiger partial charge in [0, 0.05) is 12.7 Å². The maximum atomic E-state index is 12.6. The van der Waals surface area contributed by atoms with E-state index in [0.717, 1.165) is 16.8 Å². The molecule has 3 rings (SSSR count). The molecule has 1 atom stereocenters. The number of carbonyl (C=O) groups is 1. The van der Waals surface area contributed by atoms with Crippen LogP contribution in [0.25, 0.3) is 6.08 Å². The Bertz CT molecular complexity index is 675. The molecule has 0 radical (unpaired) electrons. The zero-order chi connectivity index (χ0) is 14.2. The van der Waals surface area contributed by atoms with Crippen LogP contribution in [0.3, 0.4) is 0 Å². The van der Waals surface area contributed by atoms with E-state index in [-0.39, 0.29) is 5.91 Å². The van der Waals surface area contributed by atoms with Crippen LogP contribution in [0.4, 0.5) is 5.69 Å². The average molecular weight is 263 g/mol. The van der Waals surface area contributed by atoms with Crippen LogP contribution in [0.1, 0.15) is 18.1 Å². The lowest BCUT2D eigenvalue weighted by atomic mass is 9.83. The van der Waals surface area contributed by atoms with Gasteiger partial charge in [0.25, 0.3) is 0 Å². The number of amides is 1. The molecule has 1 heterocycles. The van der Waals surface area contributed by atoms with Gasteiger partial charge in [-0.2, -0.15) is 0 Å². The van der Waals surface area contributed by atoms with Crippen molar-refractivity contribution in [1.29, 1.82) is 0 Å². The lowest BCUT2D eigenvalue weighted by Gasteiger charge is -2.18. The molecule has 0 fully saturated rings. The first-order valence-electron chi connectivity index (χ1n) is 6.75. The van der Waals surface area contributed by atoms with Crippen molar-refractivity contribution in [2.75, 3.05) is 11.9 Å². The van der Waals surface area contributed by atoms with Crippen LogP contribution < -0.4 is 4.90 Å². The Morgan fingerprint density at radius 1 is 1.00 bits per heavy atom. The summed E-state index contributed by atoms with van der Waals surface area (Å²) in [5.74, 6) is 0.117. The number of benzene rings is 2. The summed E-state index contributed by atoms with van der Waals surface area (Å²) in [6.07, 6.45) is 4.03. The predicted molar refractivity (Wildman–Crippen MR) is 82.7 cm³/mol. The highest BCUT2D eigenvalue weighted by atomic mass is 16.2. The molecule has 20 heavy (non-hydrogen) atoms. The lowest BCUT2D eigenvalue weighted by molar-refractivity contribution is -0.120.